The molecule has 11 heavy (non-hydrogen) atoms. The van der Waals surface area contributed by atoms with Crippen molar-refractivity contribution >= 4 is 0 Å². The van der Waals surface area contributed by atoms with Crippen molar-refractivity contribution in [1.29, 1.82) is 0 Å². The summed E-state index contributed by atoms with van der Waals surface area (Å²) in [6, 6.07) is 0. The molecule has 1 heterocycles. The van der Waals surface area contributed by atoms with Crippen LogP contribution in [-0.2, 0) is 4.74 Å². The molecular formula is C9H17NO. The topological polar surface area (TPSA) is 12.5 Å². The van der Waals surface area contributed by atoms with E-state index in [1.165, 1.54) is 0 Å². The molecule has 0 unspecified atom stereocenters. The molecule has 0 bridgehead atoms. The van der Waals surface area contributed by atoms with Gasteiger partial charge in [-0.3, -0.25) is 0 Å². The molecule has 2 nitrogen and oxygen atoms in total. The van der Waals surface area contributed by atoms with Gasteiger partial charge in [0.1, 0.15) is 0 Å². The molecule has 1 atom stereocenters. The second kappa shape index (κ2) is 3.37. The fourth-order valence-corrected chi connectivity index (χ4v) is 1.67. The molecule has 64 valence electrons. The average molecular weight is 155 g/mol. The van der Waals surface area contributed by atoms with E-state index >= 15 is 0 Å². The van der Waals surface area contributed by atoms with Crippen LogP contribution >= 0.6 is 0 Å². The van der Waals surface area contributed by atoms with E-state index in [9.17, 15) is 0 Å². The van der Waals surface area contributed by atoms with Gasteiger partial charge in [0.15, 0.2) is 0 Å². The molecule has 0 amide bonds. The molecular weight excluding hydrogens is 138 g/mol. The van der Waals surface area contributed by atoms with Crippen LogP contribution in [0.3, 0.4) is 0 Å². The van der Waals surface area contributed by atoms with Gasteiger partial charge in [-0.05, 0) is 7.05 Å². The average Bonchev–Trinajstić information content (AvgIpc) is 1.86. The fourth-order valence-electron chi connectivity index (χ4n) is 1.67. The summed E-state index contributed by atoms with van der Waals surface area (Å²) < 4.78 is 5.15. The Morgan fingerprint density at radius 2 is 2.36 bits per heavy atom. The zero-order chi connectivity index (χ0) is 8.32. The number of nitrogens with zero attached hydrogens (tertiary/aromatic N) is 1. The summed E-state index contributed by atoms with van der Waals surface area (Å²) in [6.07, 6.45) is 4.47. The lowest BCUT2D eigenvalue weighted by Crippen LogP contribution is -2.38. The molecule has 0 saturated heterocycles. The first-order valence-corrected chi connectivity index (χ1v) is 4.01. The van der Waals surface area contributed by atoms with Gasteiger partial charge in [0, 0.05) is 25.6 Å². The predicted octanol–water partition coefficient (Wildman–Crippen LogP) is 1.14. The zero-order valence-corrected chi connectivity index (χ0v) is 7.63. The minimum absolute atomic E-state index is 0.224. The smallest absolute Gasteiger partial charge is 0.0562 e. The Morgan fingerprint density at radius 3 is 2.91 bits per heavy atom. The highest BCUT2D eigenvalue weighted by Gasteiger charge is 2.24. The third-order valence-corrected chi connectivity index (χ3v) is 2.04. The minimum Gasteiger partial charge on any atom is -0.384 e. The molecule has 0 fully saturated rings. The molecule has 0 N–H and O–H groups in total. The van der Waals surface area contributed by atoms with Gasteiger partial charge >= 0.3 is 0 Å². The first-order valence-electron chi connectivity index (χ1n) is 4.01. The number of hydrogen-bond acceptors (Lipinski definition) is 2. The Hall–Kier alpha value is -0.340. The Bertz CT molecular complexity index is 156. The van der Waals surface area contributed by atoms with Crippen molar-refractivity contribution in [3.63, 3.8) is 0 Å². The zero-order valence-electron chi connectivity index (χ0n) is 7.63. The normalized spacial score (nSPS) is 32.6. The lowest BCUT2D eigenvalue weighted by molar-refractivity contribution is 0.0927. The third kappa shape index (κ3) is 2.31. The van der Waals surface area contributed by atoms with Gasteiger partial charge in [0.25, 0.3) is 0 Å². The highest BCUT2D eigenvalue weighted by atomic mass is 16.5. The molecule has 1 aliphatic rings. The number of hydrogen-bond donors (Lipinski definition) is 0. The second-order valence-corrected chi connectivity index (χ2v) is 3.69. The lowest BCUT2D eigenvalue weighted by Gasteiger charge is -2.33. The van der Waals surface area contributed by atoms with Crippen molar-refractivity contribution < 1.29 is 4.74 Å². The van der Waals surface area contributed by atoms with Crippen LogP contribution in [-0.4, -0.2) is 38.8 Å². The SMILES string of the molecule is COC[C@@]1(C)C=CCN(C)C1. The molecule has 0 spiro atoms. The van der Waals surface area contributed by atoms with Crippen molar-refractivity contribution in [3.05, 3.63) is 12.2 Å². The van der Waals surface area contributed by atoms with Crippen molar-refractivity contribution in [1.82, 2.24) is 4.90 Å². The monoisotopic (exact) mass is 155 g/mol. The van der Waals surface area contributed by atoms with Gasteiger partial charge in [-0.1, -0.05) is 19.1 Å². The van der Waals surface area contributed by atoms with E-state index in [0.717, 1.165) is 19.7 Å². The van der Waals surface area contributed by atoms with Crippen molar-refractivity contribution in [2.75, 3.05) is 33.9 Å². The maximum absolute atomic E-state index is 5.15. The quantitative estimate of drug-likeness (QED) is 0.554. The summed E-state index contributed by atoms with van der Waals surface area (Å²) in [4.78, 5) is 2.30. The Morgan fingerprint density at radius 1 is 1.64 bits per heavy atom. The predicted molar refractivity (Wildman–Crippen MR) is 46.6 cm³/mol. The largest absolute Gasteiger partial charge is 0.384 e. The summed E-state index contributed by atoms with van der Waals surface area (Å²) in [5.74, 6) is 0. The van der Waals surface area contributed by atoms with Gasteiger partial charge in [-0.15, -0.1) is 0 Å². The number of likely N-dealkylation sites (N-methyl/N-ethyl adjacent to an activating group) is 1. The minimum atomic E-state index is 0.224. The number of methoxy groups -OCH3 is 1. The molecule has 0 aromatic rings. The van der Waals surface area contributed by atoms with E-state index < -0.39 is 0 Å². The molecule has 1 aliphatic heterocycles. The Labute approximate surface area is 68.8 Å². The van der Waals surface area contributed by atoms with Crippen molar-refractivity contribution in [3.8, 4) is 0 Å². The molecule has 0 aromatic carbocycles. The second-order valence-electron chi connectivity index (χ2n) is 3.69. The number of ether oxygens (including phenoxy) is 1. The van der Waals surface area contributed by atoms with E-state index in [-0.39, 0.29) is 5.41 Å². The summed E-state index contributed by atoms with van der Waals surface area (Å²) in [5.41, 5.74) is 0.224. The van der Waals surface area contributed by atoms with Crippen LogP contribution in [0.4, 0.5) is 0 Å². The van der Waals surface area contributed by atoms with E-state index in [1.54, 1.807) is 7.11 Å². The maximum Gasteiger partial charge on any atom is 0.0562 e. The van der Waals surface area contributed by atoms with Crippen molar-refractivity contribution in [2.24, 2.45) is 5.41 Å². The van der Waals surface area contributed by atoms with E-state index in [0.29, 0.717) is 0 Å². The van der Waals surface area contributed by atoms with E-state index in [2.05, 4.69) is 31.0 Å². The molecule has 0 aliphatic carbocycles. The fraction of sp³-hybridized carbons (Fsp3) is 0.778. The van der Waals surface area contributed by atoms with Crippen molar-refractivity contribution in [2.45, 2.75) is 6.92 Å². The van der Waals surface area contributed by atoms with Gasteiger partial charge in [-0.25, -0.2) is 0 Å². The highest BCUT2D eigenvalue weighted by molar-refractivity contribution is 5.04. The molecule has 2 heteroatoms. The Kier molecular flexibility index (Phi) is 2.68. The van der Waals surface area contributed by atoms with Crippen LogP contribution in [0.5, 0.6) is 0 Å². The summed E-state index contributed by atoms with van der Waals surface area (Å²) in [7, 11) is 3.89. The lowest BCUT2D eigenvalue weighted by atomic mass is 9.88. The van der Waals surface area contributed by atoms with Crippen LogP contribution in [0.15, 0.2) is 12.2 Å². The maximum atomic E-state index is 5.15. The Balaban J connectivity index is 2.55. The van der Waals surface area contributed by atoms with Gasteiger partial charge < -0.3 is 9.64 Å². The van der Waals surface area contributed by atoms with E-state index in [4.69, 9.17) is 4.74 Å². The van der Waals surface area contributed by atoms with Crippen LogP contribution in [0.25, 0.3) is 0 Å². The van der Waals surface area contributed by atoms with Gasteiger partial charge in [0.2, 0.25) is 0 Å². The first kappa shape index (κ1) is 8.75. The number of rotatable bonds is 2. The summed E-state index contributed by atoms with van der Waals surface area (Å²) in [6.45, 7) is 5.20. The summed E-state index contributed by atoms with van der Waals surface area (Å²) >= 11 is 0. The van der Waals surface area contributed by atoms with Crippen LogP contribution in [0.2, 0.25) is 0 Å². The van der Waals surface area contributed by atoms with Crippen LogP contribution in [0, 0.1) is 5.41 Å². The van der Waals surface area contributed by atoms with Crippen LogP contribution in [0.1, 0.15) is 6.92 Å². The van der Waals surface area contributed by atoms with Gasteiger partial charge in [0.05, 0.1) is 6.61 Å². The van der Waals surface area contributed by atoms with E-state index in [1.807, 2.05) is 0 Å². The third-order valence-electron chi connectivity index (χ3n) is 2.04. The standard InChI is InChI=1S/C9H17NO/c1-9(8-11-3)5-4-6-10(2)7-9/h4-5H,6-8H2,1-3H3/t9-/m0/s1. The van der Waals surface area contributed by atoms with Gasteiger partial charge in [-0.2, -0.15) is 0 Å². The first-order chi connectivity index (χ1) is 5.16. The molecule has 0 radical (unpaired) electrons. The molecule has 1 rings (SSSR count). The molecule has 0 saturated carbocycles. The molecule has 0 aromatic heterocycles. The highest BCUT2D eigenvalue weighted by Crippen LogP contribution is 2.22. The summed E-state index contributed by atoms with van der Waals surface area (Å²) in [5, 5.41) is 0. The van der Waals surface area contributed by atoms with Crippen LogP contribution < -0.4 is 0 Å².